The van der Waals surface area contributed by atoms with Gasteiger partial charge in [-0.25, -0.2) is 0 Å². The maximum atomic E-state index is 12.9. The largest absolute Gasteiger partial charge is 0.506 e. The lowest BCUT2D eigenvalue weighted by Crippen LogP contribution is -2.16. The number of benzene rings is 3. The zero-order chi connectivity index (χ0) is 17.6. The van der Waals surface area contributed by atoms with Crippen LogP contribution in [0.2, 0.25) is 0 Å². The molecule has 0 atom stereocenters. The fourth-order valence-electron chi connectivity index (χ4n) is 2.53. The third kappa shape index (κ3) is 3.56. The lowest BCUT2D eigenvalue weighted by molar-refractivity contribution is 0.0961. The first kappa shape index (κ1) is 16.4. The van der Waals surface area contributed by atoms with E-state index in [1.54, 1.807) is 91.0 Å². The summed E-state index contributed by atoms with van der Waals surface area (Å²) >= 11 is 0. The van der Waals surface area contributed by atoms with Crippen LogP contribution >= 0.6 is 0 Å². The number of Topliss-reactive ketones (excluding diaryl/α,β-unsaturated/α-hetero) is 2. The molecule has 0 amide bonds. The molecule has 25 heavy (non-hydrogen) atoms. The van der Waals surface area contributed by atoms with Gasteiger partial charge in [-0.15, -0.1) is 0 Å². The van der Waals surface area contributed by atoms with E-state index in [0.29, 0.717) is 16.7 Å². The first-order chi connectivity index (χ1) is 12.2. The molecule has 0 saturated heterocycles. The van der Waals surface area contributed by atoms with Crippen LogP contribution in [0.5, 0.6) is 0 Å². The minimum Gasteiger partial charge on any atom is -0.506 e. The summed E-state index contributed by atoms with van der Waals surface area (Å²) in [4.78, 5) is 25.9. The molecule has 3 heteroatoms. The third-order valence-corrected chi connectivity index (χ3v) is 3.81. The molecular weight excluding hydrogens is 312 g/mol. The van der Waals surface area contributed by atoms with E-state index in [9.17, 15) is 14.7 Å². The van der Waals surface area contributed by atoms with Crippen molar-refractivity contribution < 1.29 is 14.7 Å². The van der Waals surface area contributed by atoms with Crippen LogP contribution in [-0.2, 0) is 0 Å². The fourth-order valence-corrected chi connectivity index (χ4v) is 2.53. The molecule has 0 unspecified atom stereocenters. The monoisotopic (exact) mass is 328 g/mol. The Morgan fingerprint density at radius 3 is 1.20 bits per heavy atom. The van der Waals surface area contributed by atoms with Gasteiger partial charge in [-0.2, -0.15) is 0 Å². The van der Waals surface area contributed by atoms with E-state index in [-0.39, 0.29) is 11.3 Å². The van der Waals surface area contributed by atoms with E-state index >= 15 is 0 Å². The molecule has 1 N–H and O–H groups in total. The van der Waals surface area contributed by atoms with E-state index in [1.807, 2.05) is 0 Å². The molecule has 3 nitrogen and oxygen atoms in total. The van der Waals surface area contributed by atoms with Crippen LogP contribution in [0, 0.1) is 0 Å². The van der Waals surface area contributed by atoms with Crippen molar-refractivity contribution >= 4 is 17.3 Å². The highest BCUT2D eigenvalue weighted by molar-refractivity contribution is 6.34. The first-order valence-corrected chi connectivity index (χ1v) is 7.86. The molecule has 0 aliphatic heterocycles. The van der Waals surface area contributed by atoms with Gasteiger partial charge in [0.2, 0.25) is 11.6 Å². The highest BCUT2D eigenvalue weighted by Crippen LogP contribution is 2.23. The molecule has 0 heterocycles. The summed E-state index contributed by atoms with van der Waals surface area (Å²) in [6, 6.07) is 25.5. The quantitative estimate of drug-likeness (QED) is 0.242. The van der Waals surface area contributed by atoms with Crippen molar-refractivity contribution in [3.63, 3.8) is 0 Å². The highest BCUT2D eigenvalue weighted by atomic mass is 16.3. The van der Waals surface area contributed by atoms with Crippen molar-refractivity contribution in [2.45, 2.75) is 0 Å². The van der Waals surface area contributed by atoms with Crippen molar-refractivity contribution in [2.24, 2.45) is 0 Å². The highest BCUT2D eigenvalue weighted by Gasteiger charge is 2.26. The second-order valence-electron chi connectivity index (χ2n) is 5.48. The molecule has 0 aliphatic carbocycles. The van der Waals surface area contributed by atoms with Gasteiger partial charge in [0.05, 0.1) is 0 Å². The molecule has 0 spiro atoms. The summed E-state index contributed by atoms with van der Waals surface area (Å²) in [5.74, 6) is -1.32. The van der Waals surface area contributed by atoms with E-state index in [1.165, 1.54) is 0 Å². The van der Waals surface area contributed by atoms with Crippen LogP contribution in [0.4, 0.5) is 0 Å². The molecule has 3 aromatic rings. The van der Waals surface area contributed by atoms with Gasteiger partial charge in [0.1, 0.15) is 11.3 Å². The maximum absolute atomic E-state index is 12.9. The van der Waals surface area contributed by atoms with E-state index < -0.39 is 11.6 Å². The Bertz CT molecular complexity index is 858. The molecule has 0 aromatic heterocycles. The third-order valence-electron chi connectivity index (χ3n) is 3.81. The minimum atomic E-state index is -0.504. The SMILES string of the molecule is O=C(C(C(=O)c1ccccc1)=C(O)c1ccccc1)c1ccccc1. The number of rotatable bonds is 5. The van der Waals surface area contributed by atoms with Crippen LogP contribution in [0.1, 0.15) is 26.3 Å². The number of ketones is 2. The Labute approximate surface area is 145 Å². The number of hydrogen-bond acceptors (Lipinski definition) is 3. The van der Waals surface area contributed by atoms with Crippen molar-refractivity contribution in [3.8, 4) is 0 Å². The van der Waals surface area contributed by atoms with Crippen LogP contribution in [-0.4, -0.2) is 16.7 Å². The van der Waals surface area contributed by atoms with Gasteiger partial charge >= 0.3 is 0 Å². The van der Waals surface area contributed by atoms with Gasteiger partial charge in [-0.3, -0.25) is 9.59 Å². The zero-order valence-electron chi connectivity index (χ0n) is 13.4. The second kappa shape index (κ2) is 7.41. The van der Waals surface area contributed by atoms with Gasteiger partial charge in [-0.05, 0) is 0 Å². The summed E-state index contributed by atoms with van der Waals surface area (Å²) in [5.41, 5.74) is 0.892. The Morgan fingerprint density at radius 1 is 0.520 bits per heavy atom. The number of allylic oxidation sites excluding steroid dienone is 1. The van der Waals surface area contributed by atoms with E-state index in [0.717, 1.165) is 0 Å². The lowest BCUT2D eigenvalue weighted by Gasteiger charge is -2.10. The Hall–Kier alpha value is -3.46. The first-order valence-electron chi connectivity index (χ1n) is 7.86. The van der Waals surface area contributed by atoms with Crippen molar-refractivity contribution in [1.29, 1.82) is 0 Å². The van der Waals surface area contributed by atoms with Gasteiger partial charge in [0.25, 0.3) is 0 Å². The predicted octanol–water partition coefficient (Wildman–Crippen LogP) is 4.72. The summed E-state index contributed by atoms with van der Waals surface area (Å²) < 4.78 is 0. The van der Waals surface area contributed by atoms with E-state index in [2.05, 4.69) is 0 Å². The molecule has 0 aliphatic rings. The van der Waals surface area contributed by atoms with Crippen molar-refractivity contribution in [1.82, 2.24) is 0 Å². The van der Waals surface area contributed by atoms with Gasteiger partial charge in [-0.1, -0.05) is 91.0 Å². The predicted molar refractivity (Wildman–Crippen MR) is 97.5 cm³/mol. The lowest BCUT2D eigenvalue weighted by atomic mass is 9.93. The van der Waals surface area contributed by atoms with Crippen LogP contribution in [0.3, 0.4) is 0 Å². The number of aliphatic hydroxyl groups is 1. The van der Waals surface area contributed by atoms with Crippen molar-refractivity contribution in [2.75, 3.05) is 0 Å². The van der Waals surface area contributed by atoms with Crippen molar-refractivity contribution in [3.05, 3.63) is 113 Å². The molecule has 3 aromatic carbocycles. The Morgan fingerprint density at radius 2 is 0.840 bits per heavy atom. The minimum absolute atomic E-state index is 0.233. The number of carbonyl (C=O) groups is 2. The Balaban J connectivity index is 2.15. The van der Waals surface area contributed by atoms with Gasteiger partial charge < -0.3 is 5.11 Å². The van der Waals surface area contributed by atoms with Gasteiger partial charge in [0, 0.05) is 16.7 Å². The average Bonchev–Trinajstić information content (AvgIpc) is 2.70. The van der Waals surface area contributed by atoms with Crippen LogP contribution in [0.15, 0.2) is 96.6 Å². The maximum Gasteiger partial charge on any atom is 0.200 e. The number of carbonyl (C=O) groups excluding carboxylic acids is 2. The summed E-state index contributed by atoms with van der Waals surface area (Å²) in [6.07, 6.45) is 0. The number of hydrogen-bond donors (Lipinski definition) is 1. The smallest absolute Gasteiger partial charge is 0.200 e. The molecule has 3 rings (SSSR count). The average molecular weight is 328 g/mol. The Kier molecular flexibility index (Phi) is 4.86. The zero-order valence-corrected chi connectivity index (χ0v) is 13.4. The molecular formula is C22H16O3. The van der Waals surface area contributed by atoms with Gasteiger partial charge in [0.15, 0.2) is 0 Å². The molecule has 0 bridgehead atoms. The molecule has 0 fully saturated rings. The molecule has 0 saturated carbocycles. The molecule has 0 radical (unpaired) electrons. The summed E-state index contributed by atoms with van der Waals surface area (Å²) in [6.45, 7) is 0. The summed E-state index contributed by atoms with van der Waals surface area (Å²) in [5, 5.41) is 10.7. The standard InChI is InChI=1S/C22H16O3/c23-20(16-10-4-1-5-11-16)19(21(24)17-12-6-2-7-13-17)22(25)18-14-8-3-9-15-18/h1-15,23H. The molecule has 122 valence electrons. The fraction of sp³-hybridized carbons (Fsp3) is 0. The van der Waals surface area contributed by atoms with Crippen LogP contribution in [0.25, 0.3) is 5.76 Å². The normalized spacial score (nSPS) is 10.1. The second-order valence-corrected chi connectivity index (χ2v) is 5.48. The topological polar surface area (TPSA) is 54.4 Å². The van der Waals surface area contributed by atoms with E-state index in [4.69, 9.17) is 0 Å². The number of aliphatic hydroxyl groups excluding tert-OH is 1. The summed E-state index contributed by atoms with van der Waals surface area (Å²) in [7, 11) is 0. The van der Waals surface area contributed by atoms with Crippen LogP contribution < -0.4 is 0 Å².